The number of alkyl halides is 3. The third-order valence-electron chi connectivity index (χ3n) is 9.06. The molecule has 0 saturated carbocycles. The molecule has 1 unspecified atom stereocenters. The van der Waals surface area contributed by atoms with Gasteiger partial charge in [-0.05, 0) is 44.0 Å². The number of aromatic nitrogens is 4. The Balaban J connectivity index is 0.000000151. The lowest BCUT2D eigenvalue weighted by molar-refractivity contribution is -0.228. The number of nitrogens with one attached hydrogen (secondary N) is 2. The molecule has 47 heavy (non-hydrogen) atoms. The number of rotatable bonds is 4. The fourth-order valence-electron chi connectivity index (χ4n) is 6.34. The summed E-state index contributed by atoms with van der Waals surface area (Å²) in [5, 5.41) is 3.66. The van der Waals surface area contributed by atoms with Crippen LogP contribution in [0.1, 0.15) is 25.6 Å². The number of aromatic amines is 1. The van der Waals surface area contributed by atoms with E-state index in [1.807, 2.05) is 24.1 Å². The van der Waals surface area contributed by atoms with Crippen LogP contribution < -0.4 is 20.7 Å². The maximum absolute atomic E-state index is 13.1. The van der Waals surface area contributed by atoms with Gasteiger partial charge in [0.05, 0.1) is 31.5 Å². The molecule has 0 bridgehead atoms. The van der Waals surface area contributed by atoms with Gasteiger partial charge in [-0.1, -0.05) is 12.1 Å². The second-order valence-electron chi connectivity index (χ2n) is 11.9. The lowest BCUT2D eigenvalue weighted by Gasteiger charge is -2.53. The van der Waals surface area contributed by atoms with Crippen LogP contribution in [0.2, 0.25) is 0 Å². The van der Waals surface area contributed by atoms with Crippen LogP contribution in [0.5, 0.6) is 0 Å². The van der Waals surface area contributed by atoms with Gasteiger partial charge in [-0.2, -0.15) is 13.2 Å². The highest BCUT2D eigenvalue weighted by molar-refractivity contribution is 6.05. The van der Waals surface area contributed by atoms with Crippen LogP contribution in [0.4, 0.5) is 30.4 Å². The van der Waals surface area contributed by atoms with Crippen molar-refractivity contribution in [2.24, 2.45) is 0 Å². The quantitative estimate of drug-likeness (QED) is 0.259. The van der Waals surface area contributed by atoms with Gasteiger partial charge in [-0.15, -0.1) is 0 Å². The zero-order valence-electron chi connectivity index (χ0n) is 25.9. The molecule has 3 fully saturated rings. The number of hydrogen-bond donors (Lipinski definition) is 2. The first-order valence-electron chi connectivity index (χ1n) is 15.5. The Hall–Kier alpha value is -4.69. The summed E-state index contributed by atoms with van der Waals surface area (Å²) >= 11 is 0. The number of furan rings is 1. The van der Waals surface area contributed by atoms with Gasteiger partial charge in [0, 0.05) is 61.8 Å². The molecule has 3 aliphatic heterocycles. The van der Waals surface area contributed by atoms with Crippen molar-refractivity contribution in [3.05, 3.63) is 71.2 Å². The minimum Gasteiger partial charge on any atom is -0.450 e. The van der Waals surface area contributed by atoms with Crippen molar-refractivity contribution >= 4 is 39.3 Å². The number of nitrogens with zero attached hydrogens (tertiary/aromatic N) is 5. The number of para-hydroxylation sites is 1. The van der Waals surface area contributed by atoms with Crippen molar-refractivity contribution < 1.29 is 27.1 Å². The molecule has 1 atom stereocenters. The first-order valence-corrected chi connectivity index (χ1v) is 15.5. The van der Waals surface area contributed by atoms with E-state index >= 15 is 0 Å². The fourth-order valence-corrected chi connectivity index (χ4v) is 6.34. The van der Waals surface area contributed by atoms with Crippen molar-refractivity contribution in [1.29, 1.82) is 0 Å². The highest BCUT2D eigenvalue weighted by atomic mass is 19.4. The molecule has 0 radical (unpaired) electrons. The number of H-pyrrole nitrogens is 1. The molecule has 1 spiro atoms. The third-order valence-corrected chi connectivity index (χ3v) is 9.06. The average molecular weight is 650 g/mol. The predicted octanol–water partition coefficient (Wildman–Crippen LogP) is 5.47. The van der Waals surface area contributed by atoms with Crippen LogP contribution in [0, 0.1) is 0 Å². The van der Waals surface area contributed by atoms with E-state index in [4.69, 9.17) is 13.9 Å². The van der Waals surface area contributed by atoms with E-state index in [-0.39, 0.29) is 28.5 Å². The van der Waals surface area contributed by atoms with Crippen LogP contribution in [0.15, 0.2) is 64.2 Å². The summed E-state index contributed by atoms with van der Waals surface area (Å²) in [5.41, 5.74) is 4.15. The maximum Gasteiger partial charge on any atom is 0.451 e. The minimum atomic E-state index is -4.58. The molecule has 2 N–H and O–H groups in total. The standard InChI is InChI=1S/C18H22N4O3.C15H12F3N3O/c1-12-18(10-24-11-18)25-4-3-22(12)16-6-14(8-21-17(16)23)13-5-15(19-2)9-20-7-13;16-15(17,18)14-19-11-9-5-1-2-6-10(9)22-12(11)13(20-14)21-7-3-4-8-21/h5-9,12,19H,3-4,10-11H2,1-2H3,(H,21,23);1-2,5-6H,3-4,7-8H2. The molecule has 5 aromatic rings. The average Bonchev–Trinajstić information content (AvgIpc) is 3.73. The molecule has 11 nitrogen and oxygen atoms in total. The molecule has 1 aromatic carbocycles. The van der Waals surface area contributed by atoms with Crippen LogP contribution in [-0.2, 0) is 15.7 Å². The lowest BCUT2D eigenvalue weighted by atomic mass is 9.90. The van der Waals surface area contributed by atoms with Gasteiger partial charge in [0.15, 0.2) is 11.4 Å². The summed E-state index contributed by atoms with van der Waals surface area (Å²) in [6.45, 7) is 5.89. The summed E-state index contributed by atoms with van der Waals surface area (Å²) in [6.07, 6.45) is 2.58. The van der Waals surface area contributed by atoms with E-state index in [1.165, 1.54) is 0 Å². The van der Waals surface area contributed by atoms with Crippen molar-refractivity contribution in [2.75, 3.05) is 61.6 Å². The van der Waals surface area contributed by atoms with E-state index in [0.29, 0.717) is 61.7 Å². The number of fused-ring (bicyclic) bond motifs is 3. The van der Waals surface area contributed by atoms with E-state index < -0.39 is 12.0 Å². The monoisotopic (exact) mass is 649 g/mol. The van der Waals surface area contributed by atoms with Crippen molar-refractivity contribution in [2.45, 2.75) is 37.6 Å². The number of pyridine rings is 2. The summed E-state index contributed by atoms with van der Waals surface area (Å²) in [5.74, 6) is -0.875. The highest BCUT2D eigenvalue weighted by Crippen LogP contribution is 2.38. The van der Waals surface area contributed by atoms with Gasteiger partial charge >= 0.3 is 6.18 Å². The van der Waals surface area contributed by atoms with Crippen molar-refractivity contribution in [3.8, 4) is 11.1 Å². The number of morpholine rings is 1. The van der Waals surface area contributed by atoms with Gasteiger partial charge in [0.2, 0.25) is 5.82 Å². The molecule has 8 rings (SSSR count). The van der Waals surface area contributed by atoms with Gasteiger partial charge in [0.1, 0.15) is 22.4 Å². The van der Waals surface area contributed by atoms with E-state index in [9.17, 15) is 18.0 Å². The second kappa shape index (κ2) is 12.2. The topological polar surface area (TPSA) is 122 Å². The van der Waals surface area contributed by atoms with Crippen LogP contribution in [0.3, 0.4) is 0 Å². The second-order valence-corrected chi connectivity index (χ2v) is 11.9. The SMILES string of the molecule is CNc1cncc(-c2c[nH]c(=O)c(N3CCOC4(COC4)C3C)c2)c1.FC(F)(F)c1nc(N2CCCC2)c2oc3ccccc3c2n1. The first-order chi connectivity index (χ1) is 22.7. The summed E-state index contributed by atoms with van der Waals surface area (Å²) in [6, 6.07) is 11.0. The number of benzene rings is 1. The Labute approximate surface area is 267 Å². The van der Waals surface area contributed by atoms with Crippen molar-refractivity contribution in [3.63, 3.8) is 0 Å². The lowest BCUT2D eigenvalue weighted by Crippen LogP contribution is -2.68. The Bertz CT molecular complexity index is 1970. The number of halogens is 3. The van der Waals surface area contributed by atoms with Gasteiger partial charge in [0.25, 0.3) is 5.56 Å². The number of ether oxygens (including phenoxy) is 2. The molecule has 246 valence electrons. The van der Waals surface area contributed by atoms with E-state index in [1.54, 1.807) is 42.9 Å². The fraction of sp³-hybridized carbons (Fsp3) is 0.394. The molecule has 7 heterocycles. The molecule has 3 aliphatic rings. The zero-order chi connectivity index (χ0) is 32.8. The van der Waals surface area contributed by atoms with Gasteiger partial charge < -0.3 is 34.0 Å². The van der Waals surface area contributed by atoms with Crippen molar-refractivity contribution in [1.82, 2.24) is 19.9 Å². The van der Waals surface area contributed by atoms with Gasteiger partial charge in [-0.25, -0.2) is 9.97 Å². The maximum atomic E-state index is 13.1. The van der Waals surface area contributed by atoms with Crippen LogP contribution in [-0.4, -0.2) is 78.1 Å². The smallest absolute Gasteiger partial charge is 0.450 e. The number of anilines is 3. The molecular formula is C33H34F3N7O4. The minimum absolute atomic E-state index is 0.0770. The largest absolute Gasteiger partial charge is 0.451 e. The first kappa shape index (κ1) is 30.9. The molecule has 4 aromatic heterocycles. The Kier molecular flexibility index (Phi) is 8.00. The Morgan fingerprint density at radius 3 is 2.55 bits per heavy atom. The third kappa shape index (κ3) is 5.76. The van der Waals surface area contributed by atoms with E-state index in [0.717, 1.165) is 29.7 Å². The van der Waals surface area contributed by atoms with Crippen LogP contribution >= 0.6 is 0 Å². The van der Waals surface area contributed by atoms with Gasteiger partial charge in [-0.3, -0.25) is 9.78 Å². The van der Waals surface area contributed by atoms with E-state index in [2.05, 4.69) is 37.1 Å². The molecule has 3 saturated heterocycles. The highest BCUT2D eigenvalue weighted by Gasteiger charge is 2.50. The van der Waals surface area contributed by atoms with Crippen LogP contribution in [0.25, 0.3) is 33.2 Å². The number of hydrogen-bond acceptors (Lipinski definition) is 10. The molecular weight excluding hydrogens is 615 g/mol. The predicted molar refractivity (Wildman–Crippen MR) is 172 cm³/mol. The summed E-state index contributed by atoms with van der Waals surface area (Å²) in [7, 11) is 1.86. The molecule has 14 heteroatoms. The summed E-state index contributed by atoms with van der Waals surface area (Å²) in [4.78, 5) is 31.0. The molecule has 0 aliphatic carbocycles. The Morgan fingerprint density at radius 2 is 1.83 bits per heavy atom. The molecule has 0 amide bonds. The Morgan fingerprint density at radius 1 is 1.04 bits per heavy atom. The normalized spacial score (nSPS) is 19.1. The summed E-state index contributed by atoms with van der Waals surface area (Å²) < 4.78 is 56.4. The zero-order valence-corrected chi connectivity index (χ0v) is 25.9.